The van der Waals surface area contributed by atoms with Crippen molar-refractivity contribution in [1.29, 1.82) is 0 Å². The molecule has 4 aromatic carbocycles. The van der Waals surface area contributed by atoms with Crippen molar-refractivity contribution in [2.45, 2.75) is 0 Å². The van der Waals surface area contributed by atoms with Gasteiger partial charge in [-0.2, -0.15) is 5.10 Å². The number of nitrogens with one attached hydrogen (secondary N) is 2. The summed E-state index contributed by atoms with van der Waals surface area (Å²) < 4.78 is 11.6. The molecule has 5 aromatic rings. The molecule has 2 N–H and O–H groups in total. The standard InChI is InChI=1S/C30H18BrCl4N3O4/c1-41-25-9-7-17(32)11-20(25)30(40)42-24-8-6-16(31)10-15(24)14-36-38-29(39)28-26(19-4-2-3-5-21(19)34)27-22(35)12-18(33)13-23(27)37-28/h2-14,37H,1H3,(H,38,39). The monoisotopic (exact) mass is 703 g/mol. The highest BCUT2D eigenvalue weighted by atomic mass is 79.9. The molecule has 0 bridgehead atoms. The first kappa shape index (κ1) is 29.9. The summed E-state index contributed by atoms with van der Waals surface area (Å²) >= 11 is 28.7. The largest absolute Gasteiger partial charge is 0.496 e. The minimum atomic E-state index is -0.687. The maximum atomic E-state index is 13.4. The number of aromatic nitrogens is 1. The molecule has 1 heterocycles. The van der Waals surface area contributed by atoms with Gasteiger partial charge in [-0.15, -0.1) is 0 Å². The van der Waals surface area contributed by atoms with Crippen LogP contribution in [0, 0.1) is 0 Å². The Hall–Kier alpha value is -3.53. The molecule has 1 amide bonds. The summed E-state index contributed by atoms with van der Waals surface area (Å²) in [6.45, 7) is 0. The molecule has 42 heavy (non-hydrogen) atoms. The second kappa shape index (κ2) is 12.8. The lowest BCUT2D eigenvalue weighted by atomic mass is 10.0. The highest BCUT2D eigenvalue weighted by Gasteiger charge is 2.23. The molecule has 0 aliphatic heterocycles. The molecular weight excluding hydrogens is 688 g/mol. The molecule has 0 unspecified atom stereocenters. The molecule has 0 fully saturated rings. The van der Waals surface area contributed by atoms with Gasteiger partial charge in [0.15, 0.2) is 0 Å². The van der Waals surface area contributed by atoms with E-state index in [0.29, 0.717) is 57.9 Å². The van der Waals surface area contributed by atoms with E-state index in [2.05, 4.69) is 31.4 Å². The summed E-state index contributed by atoms with van der Waals surface area (Å²) in [7, 11) is 1.44. The average molecular weight is 706 g/mol. The quantitative estimate of drug-likeness (QED) is 0.0765. The maximum Gasteiger partial charge on any atom is 0.347 e. The smallest absolute Gasteiger partial charge is 0.347 e. The lowest BCUT2D eigenvalue weighted by molar-refractivity contribution is 0.0730. The van der Waals surface area contributed by atoms with Crippen LogP contribution in [-0.4, -0.2) is 30.2 Å². The predicted octanol–water partition coefficient (Wildman–Crippen LogP) is 9.20. The normalized spacial score (nSPS) is 11.2. The summed E-state index contributed by atoms with van der Waals surface area (Å²) in [5, 5.41) is 6.23. The molecule has 0 atom stereocenters. The molecule has 0 saturated carbocycles. The number of rotatable bonds is 7. The van der Waals surface area contributed by atoms with E-state index < -0.39 is 11.9 Å². The molecular formula is C30H18BrCl4N3O4. The van der Waals surface area contributed by atoms with E-state index in [1.54, 1.807) is 66.7 Å². The summed E-state index contributed by atoms with van der Waals surface area (Å²) in [4.78, 5) is 29.5. The molecule has 1 aromatic heterocycles. The van der Waals surface area contributed by atoms with Crippen molar-refractivity contribution in [3.63, 3.8) is 0 Å². The number of nitrogens with zero attached hydrogens (tertiary/aromatic N) is 1. The number of hydrogen-bond donors (Lipinski definition) is 2. The number of hydrazone groups is 1. The summed E-state index contributed by atoms with van der Waals surface area (Å²) in [5.74, 6) is -0.764. The minimum Gasteiger partial charge on any atom is -0.496 e. The van der Waals surface area contributed by atoms with E-state index in [1.165, 1.54) is 19.4 Å². The number of halogens is 5. The highest BCUT2D eigenvalue weighted by molar-refractivity contribution is 9.10. The number of aromatic amines is 1. The zero-order chi connectivity index (χ0) is 30.0. The minimum absolute atomic E-state index is 0.147. The van der Waals surface area contributed by atoms with E-state index in [-0.39, 0.29) is 17.0 Å². The molecule has 7 nitrogen and oxygen atoms in total. The third-order valence-electron chi connectivity index (χ3n) is 6.11. The SMILES string of the molecule is COc1ccc(Cl)cc1C(=O)Oc1ccc(Br)cc1C=NNC(=O)c1[nH]c2cc(Cl)cc(Cl)c2c1-c1ccccc1Cl. The Morgan fingerprint density at radius 1 is 0.905 bits per heavy atom. The first-order chi connectivity index (χ1) is 20.2. The van der Waals surface area contributed by atoms with E-state index in [1.807, 2.05) is 0 Å². The lowest BCUT2D eigenvalue weighted by Crippen LogP contribution is -2.19. The van der Waals surface area contributed by atoms with E-state index in [0.717, 1.165) is 0 Å². The first-order valence-electron chi connectivity index (χ1n) is 12.1. The van der Waals surface area contributed by atoms with Gasteiger partial charge >= 0.3 is 5.97 Å². The van der Waals surface area contributed by atoms with Crippen LogP contribution in [-0.2, 0) is 0 Å². The van der Waals surface area contributed by atoms with Crippen LogP contribution in [0.15, 0.2) is 82.4 Å². The van der Waals surface area contributed by atoms with Crippen molar-refractivity contribution in [3.05, 3.63) is 114 Å². The van der Waals surface area contributed by atoms with Crippen molar-refractivity contribution in [2.24, 2.45) is 5.10 Å². The molecule has 0 aliphatic carbocycles. The third kappa shape index (κ3) is 6.28. The van der Waals surface area contributed by atoms with E-state index in [4.69, 9.17) is 55.9 Å². The highest BCUT2D eigenvalue weighted by Crippen LogP contribution is 2.41. The van der Waals surface area contributed by atoms with Gasteiger partial charge < -0.3 is 14.5 Å². The fourth-order valence-corrected chi connectivity index (χ4v) is 5.65. The third-order valence-corrected chi connectivity index (χ3v) is 7.68. The van der Waals surface area contributed by atoms with Crippen molar-refractivity contribution in [2.75, 3.05) is 7.11 Å². The number of H-pyrrole nitrogens is 1. The van der Waals surface area contributed by atoms with Gasteiger partial charge in [-0.1, -0.05) is 80.5 Å². The van der Waals surface area contributed by atoms with Gasteiger partial charge in [-0.25, -0.2) is 10.2 Å². The Balaban J connectivity index is 1.46. The number of methoxy groups -OCH3 is 1. The number of carbonyl (C=O) groups excluding carboxylic acids is 2. The summed E-state index contributed by atoms with van der Waals surface area (Å²) in [6.07, 6.45) is 1.35. The number of hydrogen-bond acceptors (Lipinski definition) is 5. The van der Waals surface area contributed by atoms with Gasteiger partial charge in [0.2, 0.25) is 0 Å². The second-order valence-electron chi connectivity index (χ2n) is 8.78. The van der Waals surface area contributed by atoms with Gasteiger partial charge in [0.25, 0.3) is 5.91 Å². The van der Waals surface area contributed by atoms with Gasteiger partial charge in [0.1, 0.15) is 22.8 Å². The van der Waals surface area contributed by atoms with Crippen LogP contribution in [0.5, 0.6) is 11.5 Å². The molecule has 0 spiro atoms. The zero-order valence-electron chi connectivity index (χ0n) is 21.5. The lowest BCUT2D eigenvalue weighted by Gasteiger charge is -2.11. The number of amides is 1. The van der Waals surface area contributed by atoms with Gasteiger partial charge in [0, 0.05) is 47.1 Å². The number of carbonyl (C=O) groups is 2. The fraction of sp³-hybridized carbons (Fsp3) is 0.0333. The Labute approximate surface area is 268 Å². The summed E-state index contributed by atoms with van der Waals surface area (Å²) in [6, 6.07) is 19.9. The Kier molecular flexibility index (Phi) is 9.11. The van der Waals surface area contributed by atoms with Crippen LogP contribution in [0.3, 0.4) is 0 Å². The van der Waals surface area contributed by atoms with E-state index >= 15 is 0 Å². The van der Waals surface area contributed by atoms with Crippen LogP contribution < -0.4 is 14.9 Å². The first-order valence-corrected chi connectivity index (χ1v) is 14.4. The second-order valence-corrected chi connectivity index (χ2v) is 11.4. The molecule has 212 valence electrons. The number of ether oxygens (including phenoxy) is 2. The van der Waals surface area contributed by atoms with Crippen LogP contribution in [0.4, 0.5) is 0 Å². The Morgan fingerprint density at radius 3 is 2.43 bits per heavy atom. The van der Waals surface area contributed by atoms with Crippen LogP contribution >= 0.6 is 62.3 Å². The van der Waals surface area contributed by atoms with Crippen LogP contribution in [0.2, 0.25) is 20.1 Å². The molecule has 5 rings (SSSR count). The Bertz CT molecular complexity index is 1890. The molecule has 12 heteroatoms. The number of esters is 1. The van der Waals surface area contributed by atoms with Crippen LogP contribution in [0.25, 0.3) is 22.0 Å². The van der Waals surface area contributed by atoms with Crippen molar-refractivity contribution < 1.29 is 19.1 Å². The molecule has 0 radical (unpaired) electrons. The molecule has 0 saturated heterocycles. The number of benzene rings is 4. The van der Waals surface area contributed by atoms with Crippen molar-refractivity contribution in [3.8, 4) is 22.6 Å². The average Bonchev–Trinajstić information content (AvgIpc) is 3.34. The van der Waals surface area contributed by atoms with E-state index in [9.17, 15) is 9.59 Å². The van der Waals surface area contributed by atoms with Gasteiger partial charge in [-0.3, -0.25) is 4.79 Å². The topological polar surface area (TPSA) is 92.8 Å². The van der Waals surface area contributed by atoms with Crippen LogP contribution in [0.1, 0.15) is 26.4 Å². The Morgan fingerprint density at radius 2 is 1.67 bits per heavy atom. The number of fused-ring (bicyclic) bond motifs is 1. The van der Waals surface area contributed by atoms with Gasteiger partial charge in [-0.05, 0) is 54.6 Å². The fourth-order valence-electron chi connectivity index (χ4n) is 4.28. The predicted molar refractivity (Wildman–Crippen MR) is 171 cm³/mol. The van der Waals surface area contributed by atoms with Crippen molar-refractivity contribution in [1.82, 2.24) is 10.4 Å². The van der Waals surface area contributed by atoms with Gasteiger partial charge in [0.05, 0.1) is 18.3 Å². The zero-order valence-corrected chi connectivity index (χ0v) is 26.1. The van der Waals surface area contributed by atoms with Crippen molar-refractivity contribution >= 4 is 91.3 Å². The molecule has 0 aliphatic rings. The maximum absolute atomic E-state index is 13.4. The summed E-state index contributed by atoms with van der Waals surface area (Å²) in [5.41, 5.74) is 4.88.